The summed E-state index contributed by atoms with van der Waals surface area (Å²) in [4.78, 5) is 2.79. The second-order valence-corrected chi connectivity index (χ2v) is 7.17. The summed E-state index contributed by atoms with van der Waals surface area (Å²) in [7, 11) is 0. The van der Waals surface area contributed by atoms with Gasteiger partial charge in [-0.3, -0.25) is 4.90 Å². The topological polar surface area (TPSA) is 3.24 Å². The van der Waals surface area contributed by atoms with Crippen molar-refractivity contribution in [2.45, 2.75) is 50.1 Å². The maximum atomic E-state index is 6.21. The molecular formula is C16H19Cl2N. The molecular weight excluding hydrogens is 277 g/mol. The van der Waals surface area contributed by atoms with Gasteiger partial charge in [0.2, 0.25) is 0 Å². The Balaban J connectivity index is 1.69. The molecule has 3 saturated heterocycles. The van der Waals surface area contributed by atoms with Crippen LogP contribution in [-0.2, 0) is 0 Å². The van der Waals surface area contributed by atoms with Gasteiger partial charge in [0.25, 0.3) is 0 Å². The van der Waals surface area contributed by atoms with E-state index in [-0.39, 0.29) is 0 Å². The van der Waals surface area contributed by atoms with Gasteiger partial charge in [0, 0.05) is 12.1 Å². The average Bonchev–Trinajstić information content (AvgIpc) is 2.71. The monoisotopic (exact) mass is 295 g/mol. The van der Waals surface area contributed by atoms with Crippen LogP contribution in [0.4, 0.5) is 0 Å². The van der Waals surface area contributed by atoms with Gasteiger partial charge in [-0.1, -0.05) is 29.3 Å². The third kappa shape index (κ3) is 1.93. The molecule has 1 aromatic carbocycles. The van der Waals surface area contributed by atoms with Crippen LogP contribution in [0.5, 0.6) is 0 Å². The van der Waals surface area contributed by atoms with Gasteiger partial charge >= 0.3 is 0 Å². The molecule has 5 atom stereocenters. The molecule has 0 amide bonds. The molecule has 1 nitrogen and oxygen atoms in total. The van der Waals surface area contributed by atoms with E-state index >= 15 is 0 Å². The zero-order valence-electron chi connectivity index (χ0n) is 11.0. The highest BCUT2D eigenvalue weighted by molar-refractivity contribution is 6.42. The molecule has 19 heavy (non-hydrogen) atoms. The van der Waals surface area contributed by atoms with Crippen molar-refractivity contribution in [2.75, 3.05) is 6.54 Å². The molecule has 0 aliphatic carbocycles. The Bertz CT molecular complexity index is 502. The Labute approximate surface area is 124 Å². The normalized spacial score (nSPS) is 40.4. The quantitative estimate of drug-likeness (QED) is 0.724. The lowest BCUT2D eigenvalue weighted by Gasteiger charge is -2.48. The molecule has 0 aromatic heterocycles. The number of halogens is 2. The largest absolute Gasteiger partial charge is 0.297 e. The Morgan fingerprint density at radius 2 is 1.95 bits per heavy atom. The van der Waals surface area contributed by atoms with E-state index in [1.165, 1.54) is 44.2 Å². The van der Waals surface area contributed by atoms with Crippen molar-refractivity contribution in [3.05, 3.63) is 33.8 Å². The predicted molar refractivity (Wildman–Crippen MR) is 80.1 cm³/mol. The van der Waals surface area contributed by atoms with Gasteiger partial charge in [0.05, 0.1) is 10.0 Å². The van der Waals surface area contributed by atoms with Crippen molar-refractivity contribution in [3.63, 3.8) is 0 Å². The first kappa shape index (κ1) is 12.5. The van der Waals surface area contributed by atoms with Crippen LogP contribution in [-0.4, -0.2) is 23.5 Å². The van der Waals surface area contributed by atoms with Crippen LogP contribution in [0.1, 0.15) is 43.6 Å². The second-order valence-electron chi connectivity index (χ2n) is 6.36. The zero-order valence-corrected chi connectivity index (χ0v) is 12.5. The molecule has 3 heteroatoms. The molecule has 1 unspecified atom stereocenters. The third-order valence-corrected chi connectivity index (χ3v) is 6.29. The molecule has 3 aliphatic rings. The highest BCUT2D eigenvalue weighted by atomic mass is 35.5. The Hall–Kier alpha value is -0.240. The van der Waals surface area contributed by atoms with E-state index in [4.69, 9.17) is 23.2 Å². The summed E-state index contributed by atoms with van der Waals surface area (Å²) in [6, 6.07) is 7.94. The molecule has 3 aliphatic heterocycles. The van der Waals surface area contributed by atoms with Crippen LogP contribution in [0.15, 0.2) is 18.2 Å². The summed E-state index contributed by atoms with van der Waals surface area (Å²) in [5.41, 5.74) is 1.41. The number of hydrogen-bond acceptors (Lipinski definition) is 1. The summed E-state index contributed by atoms with van der Waals surface area (Å²) in [5.74, 6) is 1.54. The number of nitrogens with zero attached hydrogens (tertiary/aromatic N) is 1. The van der Waals surface area contributed by atoms with E-state index in [0.717, 1.165) is 18.0 Å². The van der Waals surface area contributed by atoms with Gasteiger partial charge in [-0.25, -0.2) is 0 Å². The maximum absolute atomic E-state index is 6.21. The van der Waals surface area contributed by atoms with Crippen molar-refractivity contribution in [3.8, 4) is 0 Å². The number of benzene rings is 1. The molecule has 102 valence electrons. The van der Waals surface area contributed by atoms with Crippen LogP contribution in [0.25, 0.3) is 0 Å². The molecule has 0 N–H and O–H groups in total. The standard InChI is InChI=1S/C16H19Cl2N/c17-14-5-3-10(8-15(14)18)13-9-11-4-6-16-12(13)2-1-7-19(11)16/h3,5,8,11-13,16H,1-2,4,6-7,9H2/t11-,12-,13+,16+/m0/s1. The minimum absolute atomic E-state index is 0.675. The lowest BCUT2D eigenvalue weighted by molar-refractivity contribution is 0.0334. The molecule has 3 heterocycles. The van der Waals surface area contributed by atoms with Gasteiger partial charge in [-0.15, -0.1) is 0 Å². The molecule has 0 radical (unpaired) electrons. The van der Waals surface area contributed by atoms with E-state index in [1.54, 1.807) is 0 Å². The van der Waals surface area contributed by atoms with E-state index in [1.807, 2.05) is 6.07 Å². The number of hydrogen-bond donors (Lipinski definition) is 0. The SMILES string of the molecule is Clc1ccc([C@H]2C[C@@H]3CC[C@@H]4[C@H]2CCCN34)cc1Cl. The summed E-state index contributed by atoms with van der Waals surface area (Å²) in [6.45, 7) is 1.33. The third-order valence-electron chi connectivity index (χ3n) is 5.55. The molecule has 4 rings (SSSR count). The number of piperidine rings is 2. The Kier molecular flexibility index (Phi) is 3.06. The predicted octanol–water partition coefficient (Wildman–Crippen LogP) is 4.72. The number of rotatable bonds is 1. The van der Waals surface area contributed by atoms with Gasteiger partial charge < -0.3 is 0 Å². The van der Waals surface area contributed by atoms with E-state index in [9.17, 15) is 0 Å². The van der Waals surface area contributed by atoms with Crippen molar-refractivity contribution >= 4 is 23.2 Å². The van der Waals surface area contributed by atoms with Crippen molar-refractivity contribution in [1.29, 1.82) is 0 Å². The zero-order chi connectivity index (χ0) is 13.0. The average molecular weight is 296 g/mol. The van der Waals surface area contributed by atoms with Crippen molar-refractivity contribution in [1.82, 2.24) is 4.90 Å². The fourth-order valence-electron chi connectivity index (χ4n) is 4.79. The first-order valence-electron chi connectivity index (χ1n) is 7.45. The van der Waals surface area contributed by atoms with E-state index in [0.29, 0.717) is 16.0 Å². The second kappa shape index (κ2) is 4.65. The van der Waals surface area contributed by atoms with Crippen LogP contribution in [0.2, 0.25) is 10.0 Å². The van der Waals surface area contributed by atoms with Gasteiger partial charge in [-0.05, 0) is 68.2 Å². The molecule has 4 bridgehead atoms. The smallest absolute Gasteiger partial charge is 0.0595 e. The highest BCUT2D eigenvalue weighted by Gasteiger charge is 2.48. The minimum atomic E-state index is 0.675. The fraction of sp³-hybridized carbons (Fsp3) is 0.625. The van der Waals surface area contributed by atoms with Gasteiger partial charge in [0.1, 0.15) is 0 Å². The Morgan fingerprint density at radius 3 is 2.79 bits per heavy atom. The maximum Gasteiger partial charge on any atom is 0.0595 e. The summed E-state index contributed by atoms with van der Waals surface area (Å²) in [6.07, 6.45) is 6.89. The van der Waals surface area contributed by atoms with Gasteiger partial charge in [0.15, 0.2) is 0 Å². The summed E-state index contributed by atoms with van der Waals surface area (Å²) < 4.78 is 0. The first-order valence-corrected chi connectivity index (χ1v) is 8.20. The van der Waals surface area contributed by atoms with Crippen LogP contribution < -0.4 is 0 Å². The molecule has 3 fully saturated rings. The first-order chi connectivity index (χ1) is 9.24. The van der Waals surface area contributed by atoms with Crippen molar-refractivity contribution in [2.24, 2.45) is 5.92 Å². The summed E-state index contributed by atoms with van der Waals surface area (Å²) in [5, 5.41) is 1.39. The molecule has 1 aromatic rings. The minimum Gasteiger partial charge on any atom is -0.297 e. The highest BCUT2D eigenvalue weighted by Crippen LogP contribution is 2.51. The molecule has 0 saturated carbocycles. The van der Waals surface area contributed by atoms with E-state index < -0.39 is 0 Å². The lowest BCUT2D eigenvalue weighted by atomic mass is 9.72. The van der Waals surface area contributed by atoms with Crippen LogP contribution in [0, 0.1) is 5.92 Å². The van der Waals surface area contributed by atoms with E-state index in [2.05, 4.69) is 17.0 Å². The van der Waals surface area contributed by atoms with Crippen molar-refractivity contribution < 1.29 is 0 Å². The Morgan fingerprint density at radius 1 is 1.05 bits per heavy atom. The lowest BCUT2D eigenvalue weighted by Crippen LogP contribution is -2.51. The van der Waals surface area contributed by atoms with Crippen LogP contribution in [0.3, 0.4) is 0 Å². The van der Waals surface area contributed by atoms with Gasteiger partial charge in [-0.2, -0.15) is 0 Å². The fourth-order valence-corrected chi connectivity index (χ4v) is 5.10. The molecule has 0 spiro atoms. The summed E-state index contributed by atoms with van der Waals surface area (Å²) >= 11 is 12.3. The van der Waals surface area contributed by atoms with Crippen LogP contribution >= 0.6 is 23.2 Å².